The number of quaternary nitrogens is 1. The van der Waals surface area contributed by atoms with E-state index in [2.05, 4.69) is 36.5 Å². The largest absolute Gasteiger partial charge is 0.495 e. The fraction of sp³-hybridized carbons (Fsp3) is 0.316. The molecule has 0 spiro atoms. The molecule has 2 rings (SSSR count). The molecule has 1 atom stereocenters. The van der Waals surface area contributed by atoms with Crippen molar-refractivity contribution in [1.82, 2.24) is 0 Å². The van der Waals surface area contributed by atoms with Gasteiger partial charge in [0.15, 0.2) is 6.54 Å². The molecule has 2 aromatic carbocycles. The fourth-order valence-corrected chi connectivity index (χ4v) is 2.78. The molecule has 0 saturated heterocycles. The fourth-order valence-electron chi connectivity index (χ4n) is 2.53. The van der Waals surface area contributed by atoms with Crippen LogP contribution < -0.4 is 15.0 Å². The Morgan fingerprint density at radius 2 is 1.83 bits per heavy atom. The van der Waals surface area contributed by atoms with E-state index in [1.54, 1.807) is 25.3 Å². The van der Waals surface area contributed by atoms with Crippen molar-refractivity contribution in [2.24, 2.45) is 0 Å². The van der Waals surface area contributed by atoms with Gasteiger partial charge in [-0.1, -0.05) is 42.8 Å². The van der Waals surface area contributed by atoms with Gasteiger partial charge in [-0.05, 0) is 30.2 Å². The Hall–Kier alpha value is -2.04. The summed E-state index contributed by atoms with van der Waals surface area (Å²) in [6, 6.07) is 13.7. The van der Waals surface area contributed by atoms with E-state index in [9.17, 15) is 4.79 Å². The number of hydrogen-bond donors (Lipinski definition) is 2. The SMILES string of the molecule is CCc1ccc(C[NH+](C)CC(=O)Nc2ccc(OC)c(Cl)c2)cc1. The summed E-state index contributed by atoms with van der Waals surface area (Å²) in [6.07, 6.45) is 1.04. The van der Waals surface area contributed by atoms with Crippen LogP contribution in [0.1, 0.15) is 18.1 Å². The summed E-state index contributed by atoms with van der Waals surface area (Å²) in [7, 11) is 3.57. The Morgan fingerprint density at radius 3 is 2.42 bits per heavy atom. The number of nitrogens with one attached hydrogen (secondary N) is 2. The summed E-state index contributed by atoms with van der Waals surface area (Å²) < 4.78 is 5.10. The Bertz CT molecular complexity index is 686. The normalized spacial score (nSPS) is 11.8. The molecule has 0 aliphatic carbocycles. The average molecular weight is 348 g/mol. The first-order valence-electron chi connectivity index (χ1n) is 8.04. The molecule has 0 radical (unpaired) electrons. The van der Waals surface area contributed by atoms with Crippen LogP contribution >= 0.6 is 11.6 Å². The van der Waals surface area contributed by atoms with Crippen molar-refractivity contribution in [3.8, 4) is 5.75 Å². The van der Waals surface area contributed by atoms with Crippen LogP contribution in [0.5, 0.6) is 5.75 Å². The van der Waals surface area contributed by atoms with E-state index in [0.717, 1.165) is 17.9 Å². The highest BCUT2D eigenvalue weighted by Gasteiger charge is 2.12. The van der Waals surface area contributed by atoms with Gasteiger partial charge in [0, 0.05) is 11.3 Å². The molecule has 0 aromatic heterocycles. The molecule has 0 saturated carbocycles. The zero-order chi connectivity index (χ0) is 17.5. The zero-order valence-electron chi connectivity index (χ0n) is 14.4. The predicted octanol–water partition coefficient (Wildman–Crippen LogP) is 2.56. The van der Waals surface area contributed by atoms with Crippen molar-refractivity contribution in [2.75, 3.05) is 26.0 Å². The van der Waals surface area contributed by atoms with E-state index in [0.29, 0.717) is 23.0 Å². The van der Waals surface area contributed by atoms with E-state index in [1.165, 1.54) is 11.1 Å². The number of carbonyl (C=O) groups is 1. The summed E-state index contributed by atoms with van der Waals surface area (Å²) in [4.78, 5) is 13.3. The standard InChI is InChI=1S/C19H23ClN2O2/c1-4-14-5-7-15(8-6-14)12-22(2)13-19(23)21-16-9-10-18(24-3)17(20)11-16/h5-11H,4,12-13H2,1-3H3,(H,21,23)/p+1. The molecule has 0 fully saturated rings. The van der Waals surface area contributed by atoms with Crippen molar-refractivity contribution in [3.05, 3.63) is 58.6 Å². The molecule has 4 nitrogen and oxygen atoms in total. The number of ether oxygens (including phenoxy) is 1. The van der Waals surface area contributed by atoms with Crippen LogP contribution in [0.3, 0.4) is 0 Å². The van der Waals surface area contributed by atoms with Gasteiger partial charge in [0.1, 0.15) is 12.3 Å². The second-order valence-electron chi connectivity index (χ2n) is 5.88. The molecule has 1 unspecified atom stereocenters. The molecule has 0 bridgehead atoms. The lowest BCUT2D eigenvalue weighted by Gasteiger charge is -2.14. The Kier molecular flexibility index (Phi) is 6.64. The first-order valence-corrected chi connectivity index (χ1v) is 8.42. The van der Waals surface area contributed by atoms with Crippen LogP contribution in [-0.4, -0.2) is 26.6 Å². The maximum absolute atomic E-state index is 12.2. The minimum atomic E-state index is -0.0427. The molecular formula is C19H24ClN2O2+. The van der Waals surface area contributed by atoms with Crippen LogP contribution in [0.15, 0.2) is 42.5 Å². The number of methoxy groups -OCH3 is 1. The molecular weight excluding hydrogens is 324 g/mol. The van der Waals surface area contributed by atoms with Crippen molar-refractivity contribution in [1.29, 1.82) is 0 Å². The Labute approximate surface area is 148 Å². The maximum Gasteiger partial charge on any atom is 0.279 e. The molecule has 2 aromatic rings. The van der Waals surface area contributed by atoms with E-state index in [1.807, 2.05) is 7.05 Å². The topological polar surface area (TPSA) is 42.8 Å². The smallest absolute Gasteiger partial charge is 0.279 e. The van der Waals surface area contributed by atoms with Gasteiger partial charge in [0.05, 0.1) is 19.2 Å². The summed E-state index contributed by atoms with van der Waals surface area (Å²) in [5.74, 6) is 0.548. The van der Waals surface area contributed by atoms with Gasteiger partial charge in [-0.2, -0.15) is 0 Å². The van der Waals surface area contributed by atoms with E-state index >= 15 is 0 Å². The average Bonchev–Trinajstić information content (AvgIpc) is 2.55. The van der Waals surface area contributed by atoms with E-state index < -0.39 is 0 Å². The third-order valence-corrected chi connectivity index (χ3v) is 4.13. The summed E-state index contributed by atoms with van der Waals surface area (Å²) >= 11 is 6.07. The first kappa shape index (κ1) is 18.3. The monoisotopic (exact) mass is 347 g/mol. The highest BCUT2D eigenvalue weighted by atomic mass is 35.5. The summed E-state index contributed by atoms with van der Waals surface area (Å²) in [5.41, 5.74) is 3.22. The molecule has 1 amide bonds. The van der Waals surface area contributed by atoms with Gasteiger partial charge in [0.2, 0.25) is 0 Å². The van der Waals surface area contributed by atoms with Crippen molar-refractivity contribution < 1.29 is 14.4 Å². The van der Waals surface area contributed by atoms with Crippen LogP contribution in [0.25, 0.3) is 0 Å². The van der Waals surface area contributed by atoms with Crippen LogP contribution in [0.4, 0.5) is 5.69 Å². The first-order chi connectivity index (χ1) is 11.5. The number of aryl methyl sites for hydroxylation is 1. The van der Waals surface area contributed by atoms with Crippen LogP contribution in [0.2, 0.25) is 5.02 Å². The second-order valence-corrected chi connectivity index (χ2v) is 6.29. The molecule has 0 aliphatic heterocycles. The number of rotatable bonds is 7. The zero-order valence-corrected chi connectivity index (χ0v) is 15.1. The van der Waals surface area contributed by atoms with Gasteiger partial charge in [-0.15, -0.1) is 0 Å². The number of amides is 1. The van der Waals surface area contributed by atoms with Crippen molar-refractivity contribution in [3.63, 3.8) is 0 Å². The molecule has 0 aliphatic rings. The molecule has 2 N–H and O–H groups in total. The maximum atomic E-state index is 12.2. The van der Waals surface area contributed by atoms with E-state index in [4.69, 9.17) is 16.3 Å². The third kappa shape index (κ3) is 5.25. The lowest BCUT2D eigenvalue weighted by atomic mass is 10.1. The Morgan fingerprint density at radius 1 is 1.17 bits per heavy atom. The Balaban J connectivity index is 1.87. The number of carbonyl (C=O) groups excluding carboxylic acids is 1. The van der Waals surface area contributed by atoms with Gasteiger partial charge >= 0.3 is 0 Å². The lowest BCUT2D eigenvalue weighted by molar-refractivity contribution is -0.885. The van der Waals surface area contributed by atoms with Crippen molar-refractivity contribution >= 4 is 23.2 Å². The number of likely N-dealkylation sites (N-methyl/N-ethyl adjacent to an activating group) is 1. The molecule has 0 heterocycles. The minimum Gasteiger partial charge on any atom is -0.495 e. The molecule has 5 heteroatoms. The predicted molar refractivity (Wildman–Crippen MR) is 97.9 cm³/mol. The number of anilines is 1. The molecule has 24 heavy (non-hydrogen) atoms. The van der Waals surface area contributed by atoms with Gasteiger partial charge in [0.25, 0.3) is 5.91 Å². The highest BCUT2D eigenvalue weighted by molar-refractivity contribution is 6.32. The number of benzene rings is 2. The quantitative estimate of drug-likeness (QED) is 0.808. The van der Waals surface area contributed by atoms with Gasteiger partial charge in [-0.25, -0.2) is 0 Å². The molecule has 128 valence electrons. The van der Waals surface area contributed by atoms with Crippen LogP contribution in [-0.2, 0) is 17.8 Å². The number of hydrogen-bond acceptors (Lipinski definition) is 2. The lowest BCUT2D eigenvalue weighted by Crippen LogP contribution is -3.08. The number of halogens is 1. The van der Waals surface area contributed by atoms with Gasteiger partial charge < -0.3 is 15.0 Å². The van der Waals surface area contributed by atoms with Crippen LogP contribution in [0, 0.1) is 0 Å². The van der Waals surface area contributed by atoms with E-state index in [-0.39, 0.29) is 5.91 Å². The second kappa shape index (κ2) is 8.71. The van der Waals surface area contributed by atoms with Gasteiger partial charge in [-0.3, -0.25) is 4.79 Å². The minimum absolute atomic E-state index is 0.0427. The van der Waals surface area contributed by atoms with Crippen molar-refractivity contribution in [2.45, 2.75) is 19.9 Å². The summed E-state index contributed by atoms with van der Waals surface area (Å²) in [6.45, 7) is 3.34. The third-order valence-electron chi connectivity index (χ3n) is 3.84. The highest BCUT2D eigenvalue weighted by Crippen LogP contribution is 2.26. The summed E-state index contributed by atoms with van der Waals surface area (Å²) in [5, 5.41) is 3.35.